The Morgan fingerprint density at radius 2 is 1.57 bits per heavy atom. The van der Waals surface area contributed by atoms with Gasteiger partial charge in [-0.25, -0.2) is 0 Å². The molecule has 0 spiro atoms. The molecule has 0 aliphatic heterocycles. The molecule has 0 aliphatic carbocycles. The molecule has 0 nitrogen and oxygen atoms in total. The van der Waals surface area contributed by atoms with E-state index in [1.54, 1.807) is 0 Å². The third-order valence-corrected chi connectivity index (χ3v) is 2.55. The van der Waals surface area contributed by atoms with E-state index in [2.05, 4.69) is 41.2 Å². The van der Waals surface area contributed by atoms with Gasteiger partial charge in [-0.15, -0.1) is 0 Å². The van der Waals surface area contributed by atoms with E-state index in [0.717, 1.165) is 6.42 Å². The molecule has 14 heavy (non-hydrogen) atoms. The van der Waals surface area contributed by atoms with Crippen molar-refractivity contribution in [2.24, 2.45) is 5.92 Å². The van der Waals surface area contributed by atoms with Crippen molar-refractivity contribution in [2.75, 3.05) is 0 Å². The van der Waals surface area contributed by atoms with Crippen LogP contribution in [0.15, 0.2) is 23.3 Å². The van der Waals surface area contributed by atoms with Crippen molar-refractivity contribution >= 4 is 0 Å². The standard InChI is InChI=1S/C12H22.C2H6/c1-7-10(5)11(6)12(8-2)9(3)4;1-2/h10H,6-8H2,1-5H3;1-2H3. The molecule has 0 saturated carbocycles. The summed E-state index contributed by atoms with van der Waals surface area (Å²) in [4.78, 5) is 0. The highest BCUT2D eigenvalue weighted by molar-refractivity contribution is 5.32. The second-order valence-electron chi connectivity index (χ2n) is 3.67. The average molecular weight is 196 g/mol. The summed E-state index contributed by atoms with van der Waals surface area (Å²) in [6, 6.07) is 0. The minimum atomic E-state index is 0.634. The van der Waals surface area contributed by atoms with E-state index in [1.807, 2.05) is 13.8 Å². The molecule has 0 aliphatic rings. The normalized spacial score (nSPS) is 11.1. The van der Waals surface area contributed by atoms with E-state index in [9.17, 15) is 0 Å². The van der Waals surface area contributed by atoms with Crippen LogP contribution in [0.4, 0.5) is 0 Å². The molecule has 1 atom stereocenters. The molecule has 0 aromatic carbocycles. The topological polar surface area (TPSA) is 0 Å². The molecule has 0 aromatic heterocycles. The van der Waals surface area contributed by atoms with Gasteiger partial charge in [0.1, 0.15) is 0 Å². The first-order valence-electron chi connectivity index (χ1n) is 5.90. The van der Waals surface area contributed by atoms with Gasteiger partial charge in [0.15, 0.2) is 0 Å². The third-order valence-electron chi connectivity index (χ3n) is 2.55. The number of hydrogen-bond acceptors (Lipinski definition) is 0. The second kappa shape index (κ2) is 9.05. The highest BCUT2D eigenvalue weighted by Gasteiger charge is 2.08. The monoisotopic (exact) mass is 196 g/mol. The Labute approximate surface area is 91.1 Å². The summed E-state index contributed by atoms with van der Waals surface area (Å²) < 4.78 is 0. The summed E-state index contributed by atoms with van der Waals surface area (Å²) in [6.45, 7) is 19.2. The van der Waals surface area contributed by atoms with Crippen molar-refractivity contribution in [1.82, 2.24) is 0 Å². The zero-order valence-corrected chi connectivity index (χ0v) is 11.2. The van der Waals surface area contributed by atoms with Gasteiger partial charge in [0.25, 0.3) is 0 Å². The van der Waals surface area contributed by atoms with Crippen LogP contribution < -0.4 is 0 Å². The molecule has 0 saturated heterocycles. The van der Waals surface area contributed by atoms with Crippen molar-refractivity contribution in [3.8, 4) is 0 Å². The minimum absolute atomic E-state index is 0.634. The Bertz CT molecular complexity index is 180. The highest BCUT2D eigenvalue weighted by atomic mass is 14.1. The maximum absolute atomic E-state index is 4.16. The Morgan fingerprint density at radius 3 is 1.79 bits per heavy atom. The zero-order valence-electron chi connectivity index (χ0n) is 11.2. The first-order chi connectivity index (χ1) is 6.54. The van der Waals surface area contributed by atoms with Crippen LogP contribution in [-0.4, -0.2) is 0 Å². The highest BCUT2D eigenvalue weighted by Crippen LogP contribution is 2.25. The lowest BCUT2D eigenvalue weighted by Gasteiger charge is -2.16. The Morgan fingerprint density at radius 1 is 1.14 bits per heavy atom. The summed E-state index contributed by atoms with van der Waals surface area (Å²) in [6.07, 6.45) is 2.31. The summed E-state index contributed by atoms with van der Waals surface area (Å²) in [5, 5.41) is 0. The summed E-state index contributed by atoms with van der Waals surface area (Å²) in [7, 11) is 0. The Kier molecular flexibility index (Phi) is 10.3. The van der Waals surface area contributed by atoms with Gasteiger partial charge in [0.05, 0.1) is 0 Å². The fourth-order valence-corrected chi connectivity index (χ4v) is 1.45. The van der Waals surface area contributed by atoms with E-state index < -0.39 is 0 Å². The summed E-state index contributed by atoms with van der Waals surface area (Å²) in [5.41, 5.74) is 4.21. The lowest BCUT2D eigenvalue weighted by Crippen LogP contribution is -2.00. The fraction of sp³-hybridized carbons (Fsp3) is 0.714. The molecule has 0 amide bonds. The first-order valence-corrected chi connectivity index (χ1v) is 5.90. The van der Waals surface area contributed by atoms with Crippen molar-refractivity contribution < 1.29 is 0 Å². The molecule has 0 rings (SSSR count). The van der Waals surface area contributed by atoms with Crippen LogP contribution in [0.3, 0.4) is 0 Å². The largest absolute Gasteiger partial charge is 0.0953 e. The molecule has 0 heterocycles. The van der Waals surface area contributed by atoms with Crippen LogP contribution in [0.2, 0.25) is 0 Å². The van der Waals surface area contributed by atoms with Gasteiger partial charge in [-0.2, -0.15) is 0 Å². The lowest BCUT2D eigenvalue weighted by atomic mass is 9.89. The molecule has 1 unspecified atom stereocenters. The van der Waals surface area contributed by atoms with Gasteiger partial charge >= 0.3 is 0 Å². The maximum Gasteiger partial charge on any atom is -0.0196 e. The maximum atomic E-state index is 4.16. The third kappa shape index (κ3) is 5.26. The molecular formula is C14H28. The SMILES string of the molecule is C=C(C(CC)=C(C)C)C(C)CC.CC. The Hall–Kier alpha value is -0.520. The molecule has 0 N–H and O–H groups in total. The van der Waals surface area contributed by atoms with E-state index in [-0.39, 0.29) is 0 Å². The van der Waals surface area contributed by atoms with E-state index in [1.165, 1.54) is 23.1 Å². The smallest absolute Gasteiger partial charge is 0.0196 e. The van der Waals surface area contributed by atoms with Crippen LogP contribution in [-0.2, 0) is 0 Å². The van der Waals surface area contributed by atoms with Gasteiger partial charge in [-0.05, 0) is 43.8 Å². The summed E-state index contributed by atoms with van der Waals surface area (Å²) >= 11 is 0. The van der Waals surface area contributed by atoms with Gasteiger partial charge in [0, 0.05) is 0 Å². The lowest BCUT2D eigenvalue weighted by molar-refractivity contribution is 0.657. The van der Waals surface area contributed by atoms with Gasteiger partial charge in [-0.1, -0.05) is 46.8 Å². The molecule has 0 bridgehead atoms. The zero-order chi connectivity index (χ0) is 11.7. The fourth-order valence-electron chi connectivity index (χ4n) is 1.45. The predicted octanol–water partition coefficient (Wildman–Crippen LogP) is 5.36. The van der Waals surface area contributed by atoms with Crippen LogP contribution in [0.1, 0.15) is 61.3 Å². The van der Waals surface area contributed by atoms with E-state index >= 15 is 0 Å². The van der Waals surface area contributed by atoms with Crippen LogP contribution in [0, 0.1) is 5.92 Å². The number of rotatable bonds is 4. The van der Waals surface area contributed by atoms with Gasteiger partial charge in [-0.3, -0.25) is 0 Å². The number of allylic oxidation sites excluding steroid dienone is 3. The molecule has 0 fully saturated rings. The van der Waals surface area contributed by atoms with Crippen molar-refractivity contribution in [3.05, 3.63) is 23.3 Å². The second-order valence-corrected chi connectivity index (χ2v) is 3.67. The van der Waals surface area contributed by atoms with E-state index in [0.29, 0.717) is 5.92 Å². The van der Waals surface area contributed by atoms with Crippen LogP contribution >= 0.6 is 0 Å². The Balaban J connectivity index is 0. The quantitative estimate of drug-likeness (QED) is 0.531. The van der Waals surface area contributed by atoms with Crippen molar-refractivity contribution in [2.45, 2.75) is 61.3 Å². The first kappa shape index (κ1) is 15.9. The van der Waals surface area contributed by atoms with Crippen LogP contribution in [0.25, 0.3) is 0 Å². The average Bonchev–Trinajstić information content (AvgIpc) is 2.20. The van der Waals surface area contributed by atoms with Crippen molar-refractivity contribution in [1.29, 1.82) is 0 Å². The van der Waals surface area contributed by atoms with E-state index in [4.69, 9.17) is 0 Å². The van der Waals surface area contributed by atoms with Gasteiger partial charge < -0.3 is 0 Å². The van der Waals surface area contributed by atoms with Crippen molar-refractivity contribution in [3.63, 3.8) is 0 Å². The minimum Gasteiger partial charge on any atom is -0.0953 e. The number of hydrogen-bond donors (Lipinski definition) is 0. The van der Waals surface area contributed by atoms with Gasteiger partial charge in [0.2, 0.25) is 0 Å². The molecule has 0 heteroatoms. The molecule has 0 radical (unpaired) electrons. The molecule has 84 valence electrons. The summed E-state index contributed by atoms with van der Waals surface area (Å²) in [5.74, 6) is 0.634. The molecular weight excluding hydrogens is 168 g/mol. The molecule has 0 aromatic rings. The predicted molar refractivity (Wildman–Crippen MR) is 68.6 cm³/mol. The van der Waals surface area contributed by atoms with Crippen LogP contribution in [0.5, 0.6) is 0 Å².